The lowest BCUT2D eigenvalue weighted by atomic mass is 10.2. The molecule has 3 rings (SSSR count). The predicted molar refractivity (Wildman–Crippen MR) is 112 cm³/mol. The smallest absolute Gasteiger partial charge is 0.332 e. The third kappa shape index (κ3) is 3.95. The van der Waals surface area contributed by atoms with Gasteiger partial charge in [-0.3, -0.25) is 14.2 Å². The van der Waals surface area contributed by atoms with Gasteiger partial charge >= 0.3 is 5.69 Å². The summed E-state index contributed by atoms with van der Waals surface area (Å²) in [6.07, 6.45) is 1.46. The minimum absolute atomic E-state index is 0.156. The van der Waals surface area contributed by atoms with Crippen molar-refractivity contribution in [3.8, 4) is 0 Å². The number of carbonyl (C=O) groups excluding carboxylic acids is 1. The monoisotopic (exact) mass is 437 g/mol. The van der Waals surface area contributed by atoms with E-state index in [0.29, 0.717) is 10.0 Å². The molecule has 2 heterocycles. The molecular weight excluding hydrogens is 417 g/mol. The number of amides is 1. The second kappa shape index (κ2) is 8.04. The molecule has 0 radical (unpaired) electrons. The normalized spacial score (nSPS) is 11.4. The molecule has 0 atom stereocenters. The molecule has 0 aliphatic rings. The van der Waals surface area contributed by atoms with Gasteiger partial charge in [-0.1, -0.05) is 29.3 Å². The Hall–Kier alpha value is -2.58. The van der Waals surface area contributed by atoms with Gasteiger partial charge in [-0.05, 0) is 31.5 Å². The van der Waals surface area contributed by atoms with Crippen LogP contribution in [0.5, 0.6) is 0 Å². The quantitative estimate of drug-likeness (QED) is 0.612. The number of benzene rings is 1. The molecule has 1 aromatic carbocycles. The number of fused-ring (bicyclic) bond motifs is 1. The number of hydrogen-bond donors (Lipinski definition) is 0. The van der Waals surface area contributed by atoms with Gasteiger partial charge in [0.1, 0.15) is 6.54 Å². The molecule has 0 spiro atoms. The first-order valence-corrected chi connectivity index (χ1v) is 9.71. The number of rotatable bonds is 5. The lowest BCUT2D eigenvalue weighted by Gasteiger charge is -2.27. The van der Waals surface area contributed by atoms with E-state index in [4.69, 9.17) is 23.2 Å². The Balaban J connectivity index is 1.96. The molecule has 29 heavy (non-hydrogen) atoms. The van der Waals surface area contributed by atoms with Crippen molar-refractivity contribution in [1.29, 1.82) is 0 Å². The van der Waals surface area contributed by atoms with E-state index in [2.05, 4.69) is 4.98 Å². The van der Waals surface area contributed by atoms with Crippen molar-refractivity contribution < 1.29 is 4.79 Å². The van der Waals surface area contributed by atoms with Crippen LogP contribution >= 0.6 is 23.2 Å². The fourth-order valence-corrected chi connectivity index (χ4v) is 3.48. The van der Waals surface area contributed by atoms with Crippen LogP contribution < -0.4 is 11.2 Å². The van der Waals surface area contributed by atoms with E-state index in [-0.39, 0.29) is 36.2 Å². The van der Waals surface area contributed by atoms with E-state index in [1.54, 1.807) is 30.1 Å². The molecule has 2 aromatic heterocycles. The van der Waals surface area contributed by atoms with Crippen LogP contribution in [0, 0.1) is 0 Å². The molecule has 0 saturated heterocycles. The van der Waals surface area contributed by atoms with Crippen LogP contribution in [0.2, 0.25) is 10.0 Å². The van der Waals surface area contributed by atoms with Crippen molar-refractivity contribution in [3.05, 3.63) is 61.0 Å². The molecule has 0 bridgehead atoms. The van der Waals surface area contributed by atoms with E-state index in [1.165, 1.54) is 22.5 Å². The van der Waals surface area contributed by atoms with Gasteiger partial charge in [-0.15, -0.1) is 0 Å². The van der Waals surface area contributed by atoms with Crippen molar-refractivity contribution in [1.82, 2.24) is 23.6 Å². The summed E-state index contributed by atoms with van der Waals surface area (Å²) in [5.74, 6) is -0.355. The van der Waals surface area contributed by atoms with Gasteiger partial charge in [-0.25, -0.2) is 14.3 Å². The maximum absolute atomic E-state index is 13.0. The molecule has 154 valence electrons. The third-order valence-electron chi connectivity index (χ3n) is 4.77. The Kier molecular flexibility index (Phi) is 5.86. The second-order valence-corrected chi connectivity index (χ2v) is 7.94. The molecule has 0 unspecified atom stereocenters. The number of nitrogens with zero attached hydrogens (tertiary/aromatic N) is 5. The first kappa shape index (κ1) is 21.1. The van der Waals surface area contributed by atoms with E-state index in [0.717, 1.165) is 10.1 Å². The van der Waals surface area contributed by atoms with Crippen LogP contribution in [-0.4, -0.2) is 35.5 Å². The summed E-state index contributed by atoms with van der Waals surface area (Å²) >= 11 is 12.0. The van der Waals surface area contributed by atoms with Crippen molar-refractivity contribution in [3.63, 3.8) is 0 Å². The molecular formula is C19H21Cl2N5O3. The molecule has 0 saturated carbocycles. The van der Waals surface area contributed by atoms with Crippen LogP contribution in [0.25, 0.3) is 11.2 Å². The summed E-state index contributed by atoms with van der Waals surface area (Å²) in [5, 5.41) is 0.824. The van der Waals surface area contributed by atoms with Crippen molar-refractivity contribution in [2.75, 3.05) is 0 Å². The van der Waals surface area contributed by atoms with Crippen molar-refractivity contribution >= 4 is 40.3 Å². The summed E-state index contributed by atoms with van der Waals surface area (Å²) in [7, 11) is 3.19. The van der Waals surface area contributed by atoms with E-state index >= 15 is 0 Å². The number of carbonyl (C=O) groups is 1. The summed E-state index contributed by atoms with van der Waals surface area (Å²) in [5.41, 5.74) is 0.203. The highest BCUT2D eigenvalue weighted by atomic mass is 35.5. The summed E-state index contributed by atoms with van der Waals surface area (Å²) < 4.78 is 3.74. The Morgan fingerprint density at radius 2 is 1.86 bits per heavy atom. The highest BCUT2D eigenvalue weighted by Gasteiger charge is 2.22. The fraction of sp³-hybridized carbons (Fsp3) is 0.368. The average molecular weight is 438 g/mol. The first-order valence-electron chi connectivity index (χ1n) is 8.96. The molecule has 0 aliphatic carbocycles. The molecule has 10 heteroatoms. The summed E-state index contributed by atoms with van der Waals surface area (Å²) in [4.78, 5) is 44.2. The molecule has 3 aromatic rings. The topological polar surface area (TPSA) is 82.1 Å². The van der Waals surface area contributed by atoms with Crippen LogP contribution in [0.15, 0.2) is 34.1 Å². The maximum Gasteiger partial charge on any atom is 0.332 e. The van der Waals surface area contributed by atoms with Crippen LogP contribution in [-0.2, 0) is 32.0 Å². The zero-order valence-corrected chi connectivity index (χ0v) is 18.0. The second-order valence-electron chi connectivity index (χ2n) is 7.12. The van der Waals surface area contributed by atoms with E-state index < -0.39 is 11.2 Å². The Labute approximate surface area is 176 Å². The Morgan fingerprint density at radius 3 is 2.48 bits per heavy atom. The number of aromatic nitrogens is 4. The zero-order chi connectivity index (χ0) is 21.5. The van der Waals surface area contributed by atoms with Gasteiger partial charge in [0.2, 0.25) is 5.91 Å². The van der Waals surface area contributed by atoms with Crippen LogP contribution in [0.3, 0.4) is 0 Å². The standard InChI is InChI=1S/C19H21Cl2N5O3/c1-11(2)25(8-12-5-6-13(20)14(21)7-12)15(27)9-26-18(28)16-17(22-10-23(16)3)24(4)19(26)29/h5-7,10-11H,8-9H2,1-4H3. The van der Waals surface area contributed by atoms with Crippen molar-refractivity contribution in [2.45, 2.75) is 33.0 Å². The lowest BCUT2D eigenvalue weighted by Crippen LogP contribution is -2.46. The summed E-state index contributed by atoms with van der Waals surface area (Å²) in [6.45, 7) is 3.63. The number of hydrogen-bond acceptors (Lipinski definition) is 4. The fourth-order valence-electron chi connectivity index (χ4n) is 3.16. The van der Waals surface area contributed by atoms with Gasteiger partial charge in [0.05, 0.1) is 16.4 Å². The third-order valence-corrected chi connectivity index (χ3v) is 5.51. The van der Waals surface area contributed by atoms with Gasteiger partial charge in [0.25, 0.3) is 5.56 Å². The number of halogens is 2. The lowest BCUT2D eigenvalue weighted by molar-refractivity contribution is -0.134. The van der Waals surface area contributed by atoms with Gasteiger partial charge in [0.15, 0.2) is 11.2 Å². The van der Waals surface area contributed by atoms with Gasteiger partial charge in [0, 0.05) is 26.7 Å². The zero-order valence-electron chi connectivity index (χ0n) is 16.5. The minimum atomic E-state index is -0.590. The summed E-state index contributed by atoms with van der Waals surface area (Å²) in [6, 6.07) is 4.99. The minimum Gasteiger partial charge on any atom is -0.334 e. The van der Waals surface area contributed by atoms with E-state index in [9.17, 15) is 14.4 Å². The molecule has 8 nitrogen and oxygen atoms in total. The Bertz CT molecular complexity index is 1210. The number of aryl methyl sites for hydroxylation is 2. The van der Waals surface area contributed by atoms with Crippen LogP contribution in [0.1, 0.15) is 19.4 Å². The molecule has 1 amide bonds. The molecule has 0 fully saturated rings. The molecule has 0 aliphatic heterocycles. The average Bonchev–Trinajstić information content (AvgIpc) is 3.05. The van der Waals surface area contributed by atoms with Gasteiger partial charge in [-0.2, -0.15) is 0 Å². The van der Waals surface area contributed by atoms with Crippen LogP contribution in [0.4, 0.5) is 0 Å². The highest BCUT2D eigenvalue weighted by Crippen LogP contribution is 2.23. The Morgan fingerprint density at radius 1 is 1.17 bits per heavy atom. The van der Waals surface area contributed by atoms with E-state index in [1.807, 2.05) is 13.8 Å². The largest absolute Gasteiger partial charge is 0.334 e. The number of imidazole rings is 1. The maximum atomic E-state index is 13.0. The molecule has 0 N–H and O–H groups in total. The predicted octanol–water partition coefficient (Wildman–Crippen LogP) is 2.18. The highest BCUT2D eigenvalue weighted by molar-refractivity contribution is 6.42. The van der Waals surface area contributed by atoms with Crippen molar-refractivity contribution in [2.24, 2.45) is 14.1 Å². The first-order chi connectivity index (χ1) is 13.6. The van der Waals surface area contributed by atoms with Gasteiger partial charge < -0.3 is 9.47 Å². The SMILES string of the molecule is CC(C)N(Cc1ccc(Cl)c(Cl)c1)C(=O)Cn1c(=O)c2c(ncn2C)n(C)c1=O.